The number of nitrogens with two attached hydrogens (primary N) is 1. The van der Waals surface area contributed by atoms with Crippen molar-refractivity contribution in [2.45, 2.75) is 19.3 Å². The van der Waals surface area contributed by atoms with Crippen molar-refractivity contribution < 1.29 is 9.90 Å². The second kappa shape index (κ2) is 8.15. The normalized spacial score (nSPS) is 12.0. The van der Waals surface area contributed by atoms with E-state index in [0.717, 1.165) is 52.2 Å². The van der Waals surface area contributed by atoms with Crippen LogP contribution in [0.5, 0.6) is 5.75 Å². The zero-order valence-electron chi connectivity index (χ0n) is 17.4. The van der Waals surface area contributed by atoms with Crippen LogP contribution in [0.15, 0.2) is 72.8 Å². The van der Waals surface area contributed by atoms with Crippen LogP contribution >= 0.6 is 0 Å². The summed E-state index contributed by atoms with van der Waals surface area (Å²) in [5.41, 5.74) is 12.7. The van der Waals surface area contributed by atoms with Crippen LogP contribution in [0.4, 0.5) is 11.5 Å². The number of aromatic hydroxyl groups is 1. The highest BCUT2D eigenvalue weighted by Gasteiger charge is 2.23. The van der Waals surface area contributed by atoms with E-state index in [-0.39, 0.29) is 18.1 Å². The third-order valence-electron chi connectivity index (χ3n) is 5.59. The average Bonchev–Trinajstić information content (AvgIpc) is 2.79. The van der Waals surface area contributed by atoms with E-state index >= 15 is 0 Å². The molecule has 6 nitrogen and oxygen atoms in total. The van der Waals surface area contributed by atoms with E-state index in [0.29, 0.717) is 11.5 Å². The standard InChI is InChI=1S/C26H22N4O2/c27-19-9-12-21-18(15-19)8-13-22-25(21)30-24(17-6-10-20(31)11-7-17)26(28-22)29-23(32)14-16-4-2-1-3-5-16/h1-7,9-12,15,31H,8,13-14,27H2,(H,28,29,32). The van der Waals surface area contributed by atoms with Crippen molar-refractivity contribution in [3.05, 3.63) is 89.6 Å². The molecule has 3 aromatic carbocycles. The van der Waals surface area contributed by atoms with E-state index < -0.39 is 0 Å². The molecule has 0 radical (unpaired) electrons. The quantitative estimate of drug-likeness (QED) is 0.424. The molecule has 1 aliphatic rings. The maximum Gasteiger partial charge on any atom is 0.230 e. The predicted octanol–water partition coefficient (Wildman–Crippen LogP) is 4.38. The van der Waals surface area contributed by atoms with Crippen molar-refractivity contribution in [1.29, 1.82) is 0 Å². The van der Waals surface area contributed by atoms with Crippen LogP contribution in [-0.4, -0.2) is 21.0 Å². The zero-order chi connectivity index (χ0) is 22.1. The van der Waals surface area contributed by atoms with Gasteiger partial charge in [-0.25, -0.2) is 9.97 Å². The minimum absolute atomic E-state index is 0.158. The molecule has 1 heterocycles. The first kappa shape index (κ1) is 19.8. The molecule has 4 N–H and O–H groups in total. The van der Waals surface area contributed by atoms with Gasteiger partial charge in [-0.3, -0.25) is 4.79 Å². The number of nitrogens with zero attached hydrogens (tertiary/aromatic N) is 2. The second-order valence-electron chi connectivity index (χ2n) is 7.89. The summed E-state index contributed by atoms with van der Waals surface area (Å²) < 4.78 is 0. The lowest BCUT2D eigenvalue weighted by Gasteiger charge is -2.21. The average molecular weight is 422 g/mol. The second-order valence-corrected chi connectivity index (χ2v) is 7.89. The van der Waals surface area contributed by atoms with Gasteiger partial charge in [0.15, 0.2) is 5.82 Å². The molecule has 0 bridgehead atoms. The Kier molecular flexibility index (Phi) is 5.03. The van der Waals surface area contributed by atoms with Crippen molar-refractivity contribution in [1.82, 2.24) is 9.97 Å². The molecule has 4 aromatic rings. The summed E-state index contributed by atoms with van der Waals surface area (Å²) in [5, 5.41) is 12.7. The molecule has 1 aromatic heterocycles. The molecule has 5 rings (SSSR count). The minimum atomic E-state index is -0.158. The number of aromatic nitrogens is 2. The van der Waals surface area contributed by atoms with Gasteiger partial charge in [-0.05, 0) is 60.4 Å². The van der Waals surface area contributed by atoms with Gasteiger partial charge in [-0.2, -0.15) is 0 Å². The number of hydrogen-bond donors (Lipinski definition) is 3. The molecule has 0 saturated carbocycles. The molecule has 32 heavy (non-hydrogen) atoms. The van der Waals surface area contributed by atoms with Crippen molar-refractivity contribution in [2.75, 3.05) is 11.1 Å². The number of benzene rings is 3. The topological polar surface area (TPSA) is 101 Å². The SMILES string of the molecule is Nc1ccc2c(c1)CCc1nc(NC(=O)Cc3ccccc3)c(-c3ccc(O)cc3)nc1-2. The summed E-state index contributed by atoms with van der Waals surface area (Å²) in [6.07, 6.45) is 1.78. The third-order valence-corrected chi connectivity index (χ3v) is 5.59. The van der Waals surface area contributed by atoms with E-state index in [1.54, 1.807) is 24.3 Å². The van der Waals surface area contributed by atoms with Crippen LogP contribution < -0.4 is 11.1 Å². The first-order chi connectivity index (χ1) is 15.6. The van der Waals surface area contributed by atoms with Gasteiger partial charge < -0.3 is 16.2 Å². The third kappa shape index (κ3) is 3.90. The molecule has 1 aliphatic carbocycles. The molecule has 0 aliphatic heterocycles. The Balaban J connectivity index is 1.57. The number of amides is 1. The summed E-state index contributed by atoms with van der Waals surface area (Å²) >= 11 is 0. The first-order valence-corrected chi connectivity index (χ1v) is 10.5. The highest BCUT2D eigenvalue weighted by molar-refractivity contribution is 5.95. The summed E-state index contributed by atoms with van der Waals surface area (Å²) in [4.78, 5) is 22.6. The van der Waals surface area contributed by atoms with Gasteiger partial charge in [-0.15, -0.1) is 0 Å². The van der Waals surface area contributed by atoms with Crippen LogP contribution in [0.25, 0.3) is 22.5 Å². The lowest BCUT2D eigenvalue weighted by molar-refractivity contribution is -0.115. The van der Waals surface area contributed by atoms with Crippen LogP contribution in [-0.2, 0) is 24.1 Å². The van der Waals surface area contributed by atoms with Crippen LogP contribution in [0.1, 0.15) is 16.8 Å². The van der Waals surface area contributed by atoms with Crippen LogP contribution in [0, 0.1) is 0 Å². The summed E-state index contributed by atoms with van der Waals surface area (Å²) in [5.74, 6) is 0.430. The Labute approximate surface area is 185 Å². The van der Waals surface area contributed by atoms with Crippen molar-refractivity contribution in [3.63, 3.8) is 0 Å². The predicted molar refractivity (Wildman–Crippen MR) is 125 cm³/mol. The summed E-state index contributed by atoms with van der Waals surface area (Å²) in [6.45, 7) is 0. The number of nitrogen functional groups attached to an aromatic ring is 1. The smallest absolute Gasteiger partial charge is 0.230 e. The van der Waals surface area contributed by atoms with E-state index in [1.807, 2.05) is 48.5 Å². The van der Waals surface area contributed by atoms with Gasteiger partial charge in [0.25, 0.3) is 0 Å². The van der Waals surface area contributed by atoms with E-state index in [2.05, 4.69) is 5.32 Å². The Morgan fingerprint density at radius 1 is 0.938 bits per heavy atom. The minimum Gasteiger partial charge on any atom is -0.508 e. The molecule has 6 heteroatoms. The Bertz CT molecular complexity index is 1300. The van der Waals surface area contributed by atoms with Crippen molar-refractivity contribution >= 4 is 17.4 Å². The monoisotopic (exact) mass is 422 g/mol. The largest absolute Gasteiger partial charge is 0.508 e. The molecule has 0 spiro atoms. The highest BCUT2D eigenvalue weighted by Crippen LogP contribution is 2.36. The Morgan fingerprint density at radius 3 is 2.50 bits per heavy atom. The molecule has 158 valence electrons. The molecular weight excluding hydrogens is 400 g/mol. The van der Waals surface area contributed by atoms with Gasteiger partial charge in [-0.1, -0.05) is 36.4 Å². The molecular formula is C26H22N4O2. The maximum atomic E-state index is 12.8. The Morgan fingerprint density at radius 2 is 1.72 bits per heavy atom. The number of hydrogen-bond acceptors (Lipinski definition) is 5. The van der Waals surface area contributed by atoms with Gasteiger partial charge >= 0.3 is 0 Å². The number of fused-ring (bicyclic) bond motifs is 3. The van der Waals surface area contributed by atoms with Crippen molar-refractivity contribution in [2.24, 2.45) is 0 Å². The number of nitrogens with one attached hydrogen (secondary N) is 1. The number of carbonyl (C=O) groups excluding carboxylic acids is 1. The van der Waals surface area contributed by atoms with Gasteiger partial charge in [0, 0.05) is 16.8 Å². The summed E-state index contributed by atoms with van der Waals surface area (Å²) in [7, 11) is 0. The summed E-state index contributed by atoms with van der Waals surface area (Å²) in [6, 6.07) is 22.1. The lowest BCUT2D eigenvalue weighted by Crippen LogP contribution is -2.18. The van der Waals surface area contributed by atoms with Crippen LogP contribution in [0.3, 0.4) is 0 Å². The fourth-order valence-electron chi connectivity index (χ4n) is 4.03. The lowest BCUT2D eigenvalue weighted by atomic mass is 9.91. The van der Waals surface area contributed by atoms with Crippen molar-refractivity contribution in [3.8, 4) is 28.3 Å². The highest BCUT2D eigenvalue weighted by atomic mass is 16.3. The maximum absolute atomic E-state index is 12.8. The van der Waals surface area contributed by atoms with E-state index in [9.17, 15) is 9.90 Å². The Hall–Kier alpha value is -4.19. The fraction of sp³-hybridized carbons (Fsp3) is 0.115. The van der Waals surface area contributed by atoms with Gasteiger partial charge in [0.2, 0.25) is 5.91 Å². The molecule has 0 saturated heterocycles. The number of aryl methyl sites for hydroxylation is 2. The molecule has 1 amide bonds. The fourth-order valence-corrected chi connectivity index (χ4v) is 4.03. The number of rotatable bonds is 4. The first-order valence-electron chi connectivity index (χ1n) is 10.5. The van der Waals surface area contributed by atoms with Crippen LogP contribution in [0.2, 0.25) is 0 Å². The molecule has 0 unspecified atom stereocenters. The van der Waals surface area contributed by atoms with Gasteiger partial charge in [0.1, 0.15) is 11.4 Å². The van der Waals surface area contributed by atoms with Gasteiger partial charge in [0.05, 0.1) is 17.8 Å². The number of carbonyl (C=O) groups is 1. The zero-order valence-corrected chi connectivity index (χ0v) is 17.4. The molecule has 0 fully saturated rings. The van der Waals surface area contributed by atoms with E-state index in [4.69, 9.17) is 15.7 Å². The number of phenols is 1. The van der Waals surface area contributed by atoms with E-state index in [1.165, 1.54) is 0 Å². The molecule has 0 atom stereocenters. The number of anilines is 2. The number of phenolic OH excluding ortho intramolecular Hbond substituents is 1.